The minimum atomic E-state index is -1.06. The lowest BCUT2D eigenvalue weighted by Gasteiger charge is -2.42. The van der Waals surface area contributed by atoms with Crippen molar-refractivity contribution in [1.29, 1.82) is 0 Å². The van der Waals surface area contributed by atoms with Gasteiger partial charge in [-0.3, -0.25) is 24.2 Å². The fourth-order valence-corrected chi connectivity index (χ4v) is 5.62. The van der Waals surface area contributed by atoms with E-state index in [9.17, 15) is 28.3 Å². The predicted octanol–water partition coefficient (Wildman–Crippen LogP) is 1.71. The Bertz CT molecular complexity index is 1370. The standard InChI is InChI=1S/C23H24ClF2N5O6/c1-10-3-4-23(5-15(36-2)31(37-23)8-13-17(26)16(24)12(25)6-28-13)14-9-29(10)22(35)18-20(33)19(32)11(21(27)34)7-30(14)18/h6-7,10,14-15,33H,3-5,8-9H2,1-2H3,(H2,27,34)/t10-,14+,15?,23-/m0/s1. The number of aromatic nitrogens is 2. The molecule has 5 rings (SSSR count). The largest absolute Gasteiger partial charge is 0.503 e. The molecule has 2 saturated heterocycles. The molecule has 37 heavy (non-hydrogen) atoms. The highest BCUT2D eigenvalue weighted by atomic mass is 35.5. The smallest absolute Gasteiger partial charge is 0.274 e. The molecular weight excluding hydrogens is 516 g/mol. The zero-order valence-corrected chi connectivity index (χ0v) is 20.7. The highest BCUT2D eigenvalue weighted by Gasteiger charge is 2.56. The zero-order chi connectivity index (χ0) is 26.8. The highest BCUT2D eigenvalue weighted by molar-refractivity contribution is 6.30. The Labute approximate surface area is 214 Å². The molecular formula is C23H24ClF2N5O6. The first-order valence-electron chi connectivity index (χ1n) is 11.5. The number of rotatable bonds is 4. The molecule has 2 amide bonds. The summed E-state index contributed by atoms with van der Waals surface area (Å²) in [4.78, 5) is 49.6. The van der Waals surface area contributed by atoms with Crippen LogP contribution in [-0.2, 0) is 16.1 Å². The Kier molecular flexibility index (Phi) is 6.21. The van der Waals surface area contributed by atoms with E-state index in [1.165, 1.54) is 22.9 Å². The molecule has 0 aliphatic carbocycles. The number of pyridine rings is 2. The van der Waals surface area contributed by atoms with E-state index in [-0.39, 0.29) is 36.9 Å². The van der Waals surface area contributed by atoms with Gasteiger partial charge in [-0.15, -0.1) is 0 Å². The molecule has 1 spiro atoms. The van der Waals surface area contributed by atoms with Gasteiger partial charge in [0.05, 0.1) is 24.5 Å². The third-order valence-corrected chi connectivity index (χ3v) is 7.82. The third-order valence-electron chi connectivity index (χ3n) is 7.48. The zero-order valence-electron chi connectivity index (χ0n) is 19.9. The van der Waals surface area contributed by atoms with E-state index in [1.54, 1.807) is 4.90 Å². The first-order chi connectivity index (χ1) is 17.5. The van der Waals surface area contributed by atoms with E-state index in [0.717, 1.165) is 6.20 Å². The van der Waals surface area contributed by atoms with Gasteiger partial charge in [-0.1, -0.05) is 11.6 Å². The van der Waals surface area contributed by atoms with Gasteiger partial charge in [0.25, 0.3) is 11.8 Å². The Morgan fingerprint density at radius 2 is 2.14 bits per heavy atom. The molecule has 0 saturated carbocycles. The molecule has 2 aromatic rings. The van der Waals surface area contributed by atoms with Gasteiger partial charge in [-0.05, 0) is 19.8 Å². The maximum atomic E-state index is 14.6. The van der Waals surface area contributed by atoms with Crippen LogP contribution in [0.15, 0.2) is 17.2 Å². The molecule has 0 aromatic carbocycles. The van der Waals surface area contributed by atoms with Crippen molar-refractivity contribution in [3.63, 3.8) is 0 Å². The number of primary amides is 1. The number of hydrogen-bond acceptors (Lipinski definition) is 8. The average Bonchev–Trinajstić information content (AvgIpc) is 3.17. The number of methoxy groups -OCH3 is 1. The lowest BCUT2D eigenvalue weighted by atomic mass is 9.85. The molecule has 1 unspecified atom stereocenters. The van der Waals surface area contributed by atoms with Crippen LogP contribution in [0.2, 0.25) is 5.02 Å². The quantitative estimate of drug-likeness (QED) is 0.598. The SMILES string of the molecule is COC1C[C@]2(CC[C@H](C)N3C[C@H]2n2cc(C(N)=O)c(=O)c(O)c2C3=O)ON1Cc1ncc(F)c(Cl)c1F. The van der Waals surface area contributed by atoms with E-state index in [4.69, 9.17) is 26.9 Å². The molecule has 198 valence electrons. The molecule has 4 atom stereocenters. The van der Waals surface area contributed by atoms with E-state index >= 15 is 0 Å². The van der Waals surface area contributed by atoms with Gasteiger partial charge < -0.3 is 25.0 Å². The molecule has 5 heterocycles. The Hall–Kier alpha value is -3.13. The van der Waals surface area contributed by atoms with Crippen molar-refractivity contribution in [2.75, 3.05) is 13.7 Å². The Morgan fingerprint density at radius 3 is 2.81 bits per heavy atom. The summed E-state index contributed by atoms with van der Waals surface area (Å²) in [6.07, 6.45) is 2.45. The average molecular weight is 540 g/mol. The summed E-state index contributed by atoms with van der Waals surface area (Å²) in [5.41, 5.74) is 2.37. The molecule has 0 radical (unpaired) electrons. The van der Waals surface area contributed by atoms with Crippen molar-refractivity contribution in [1.82, 2.24) is 19.5 Å². The molecule has 14 heteroatoms. The van der Waals surface area contributed by atoms with Gasteiger partial charge in [0.2, 0.25) is 5.43 Å². The van der Waals surface area contributed by atoms with Crippen molar-refractivity contribution in [2.24, 2.45) is 5.73 Å². The number of ether oxygens (including phenoxy) is 1. The maximum Gasteiger partial charge on any atom is 0.274 e. The molecule has 11 nitrogen and oxygen atoms in total. The summed E-state index contributed by atoms with van der Waals surface area (Å²) >= 11 is 5.72. The predicted molar refractivity (Wildman–Crippen MR) is 124 cm³/mol. The number of nitrogens with zero attached hydrogens (tertiary/aromatic N) is 4. The normalized spacial score (nSPS) is 27.4. The summed E-state index contributed by atoms with van der Waals surface area (Å²) in [6, 6.07) is -0.936. The minimum absolute atomic E-state index is 0.146. The van der Waals surface area contributed by atoms with Gasteiger partial charge in [0, 0.05) is 32.3 Å². The van der Waals surface area contributed by atoms with E-state index in [2.05, 4.69) is 4.98 Å². The number of amides is 2. The number of nitrogens with two attached hydrogens (primary N) is 1. The summed E-state index contributed by atoms with van der Waals surface area (Å²) in [6.45, 7) is 1.76. The topological polar surface area (TPSA) is 140 Å². The van der Waals surface area contributed by atoms with Crippen LogP contribution in [0.4, 0.5) is 8.78 Å². The highest BCUT2D eigenvalue weighted by Crippen LogP contribution is 2.49. The first-order valence-corrected chi connectivity index (χ1v) is 11.9. The van der Waals surface area contributed by atoms with Crippen molar-refractivity contribution in [3.05, 3.63) is 56.2 Å². The molecule has 2 bridgehead atoms. The minimum Gasteiger partial charge on any atom is -0.503 e. The fraction of sp³-hybridized carbons (Fsp3) is 0.478. The van der Waals surface area contributed by atoms with Gasteiger partial charge in [0.15, 0.2) is 23.1 Å². The maximum absolute atomic E-state index is 14.6. The number of fused-ring (bicyclic) bond motifs is 5. The van der Waals surface area contributed by atoms with Crippen LogP contribution in [0.3, 0.4) is 0 Å². The number of halogens is 3. The van der Waals surface area contributed by atoms with Gasteiger partial charge in [-0.25, -0.2) is 8.78 Å². The summed E-state index contributed by atoms with van der Waals surface area (Å²) in [5, 5.41) is 11.4. The van der Waals surface area contributed by atoms with Crippen LogP contribution in [0.5, 0.6) is 5.75 Å². The lowest BCUT2D eigenvalue weighted by molar-refractivity contribution is -0.253. The van der Waals surface area contributed by atoms with Crippen LogP contribution in [-0.4, -0.2) is 68.0 Å². The molecule has 3 aliphatic rings. The second-order valence-electron chi connectivity index (χ2n) is 9.51. The van der Waals surface area contributed by atoms with Crippen molar-refractivity contribution >= 4 is 23.4 Å². The second kappa shape index (κ2) is 9.01. The van der Waals surface area contributed by atoms with Gasteiger partial charge in [-0.2, -0.15) is 5.06 Å². The third kappa shape index (κ3) is 3.88. The van der Waals surface area contributed by atoms with E-state index < -0.39 is 63.1 Å². The molecule has 3 aliphatic heterocycles. The number of hydroxylamine groups is 2. The van der Waals surface area contributed by atoms with Crippen LogP contribution in [0.25, 0.3) is 0 Å². The first kappa shape index (κ1) is 25.5. The van der Waals surface area contributed by atoms with Crippen LogP contribution < -0.4 is 11.2 Å². The van der Waals surface area contributed by atoms with Crippen molar-refractivity contribution < 1.29 is 33.1 Å². The van der Waals surface area contributed by atoms with Crippen LogP contribution >= 0.6 is 11.6 Å². The van der Waals surface area contributed by atoms with Gasteiger partial charge >= 0.3 is 0 Å². The molecule has 2 fully saturated rings. The van der Waals surface area contributed by atoms with E-state index in [1.807, 2.05) is 6.92 Å². The fourth-order valence-electron chi connectivity index (χ4n) is 5.47. The lowest BCUT2D eigenvalue weighted by Crippen LogP contribution is -2.52. The van der Waals surface area contributed by atoms with Crippen LogP contribution in [0, 0.1) is 11.6 Å². The number of carbonyl (C=O) groups is 2. The summed E-state index contributed by atoms with van der Waals surface area (Å²) < 4.78 is 35.3. The number of hydrogen-bond donors (Lipinski definition) is 2. The Morgan fingerprint density at radius 1 is 1.41 bits per heavy atom. The molecule has 2 aromatic heterocycles. The van der Waals surface area contributed by atoms with E-state index in [0.29, 0.717) is 12.8 Å². The Balaban J connectivity index is 1.61. The number of aromatic hydroxyl groups is 1. The van der Waals surface area contributed by atoms with Crippen molar-refractivity contribution in [3.8, 4) is 5.75 Å². The van der Waals surface area contributed by atoms with Crippen molar-refractivity contribution in [2.45, 2.75) is 56.6 Å². The number of carbonyl (C=O) groups excluding carboxylic acids is 2. The molecule has 3 N–H and O–H groups in total. The summed E-state index contributed by atoms with van der Waals surface area (Å²) in [5.74, 6) is -4.50. The monoisotopic (exact) mass is 539 g/mol. The van der Waals surface area contributed by atoms with Gasteiger partial charge in [0.1, 0.15) is 22.4 Å². The summed E-state index contributed by atoms with van der Waals surface area (Å²) in [7, 11) is 1.44. The second-order valence-corrected chi connectivity index (χ2v) is 9.89. The van der Waals surface area contributed by atoms with Crippen LogP contribution in [0.1, 0.15) is 58.8 Å².